The van der Waals surface area contributed by atoms with E-state index in [1.165, 1.54) is 7.11 Å². The zero-order valence-corrected chi connectivity index (χ0v) is 20.5. The number of esters is 1. The summed E-state index contributed by atoms with van der Waals surface area (Å²) in [5.41, 5.74) is 2.88. The Morgan fingerprint density at radius 3 is 2.56 bits per heavy atom. The number of benzene rings is 2. The summed E-state index contributed by atoms with van der Waals surface area (Å²) in [7, 11) is 1.37. The van der Waals surface area contributed by atoms with Gasteiger partial charge in [0, 0.05) is 21.9 Å². The van der Waals surface area contributed by atoms with Crippen LogP contribution in [-0.4, -0.2) is 23.2 Å². The normalized spacial score (nSPS) is 17.5. The smallest absolute Gasteiger partial charge is 0.338 e. The van der Waals surface area contributed by atoms with E-state index in [1.54, 1.807) is 18.3 Å². The Balaban J connectivity index is 1.60. The van der Waals surface area contributed by atoms with E-state index in [0.29, 0.717) is 27.8 Å². The lowest BCUT2D eigenvalue weighted by Crippen LogP contribution is -2.29. The summed E-state index contributed by atoms with van der Waals surface area (Å²) in [6.07, 6.45) is 1.76. The van der Waals surface area contributed by atoms with Crippen molar-refractivity contribution in [2.24, 2.45) is 0 Å². The van der Waals surface area contributed by atoms with Crippen molar-refractivity contribution < 1.29 is 13.9 Å². The predicted octanol–water partition coefficient (Wildman–Crippen LogP) is 6.07. The molecule has 2 atom stereocenters. The molecule has 2 aromatic carbocycles. The quantitative estimate of drug-likeness (QED) is 0.246. The van der Waals surface area contributed by atoms with E-state index in [0.717, 1.165) is 15.9 Å². The van der Waals surface area contributed by atoms with E-state index in [9.17, 15) is 4.79 Å². The van der Waals surface area contributed by atoms with Gasteiger partial charge in [-0.25, -0.2) is 4.79 Å². The Labute approximate surface area is 210 Å². The van der Waals surface area contributed by atoms with Gasteiger partial charge in [-0.05, 0) is 66.8 Å². The molecule has 0 amide bonds. The van der Waals surface area contributed by atoms with Crippen molar-refractivity contribution >= 4 is 44.9 Å². The molecular weight excluding hydrogens is 514 g/mol. The number of nitrogens with one attached hydrogen (secondary N) is 1. The maximum atomic E-state index is 12.3. The van der Waals surface area contributed by atoms with Gasteiger partial charge in [0.15, 0.2) is 5.11 Å². The highest BCUT2D eigenvalue weighted by Gasteiger charge is 2.42. The zero-order valence-electron chi connectivity index (χ0n) is 18.1. The molecule has 3 heterocycles. The Bertz CT molecular complexity index is 1340. The monoisotopic (exact) mass is 533 g/mol. The van der Waals surface area contributed by atoms with Gasteiger partial charge in [-0.15, -0.1) is 0 Å². The molecule has 1 fully saturated rings. The molecule has 1 aliphatic rings. The van der Waals surface area contributed by atoms with E-state index >= 15 is 0 Å². The first-order chi connectivity index (χ1) is 16.6. The summed E-state index contributed by atoms with van der Waals surface area (Å²) in [5.74, 6) is 0.852. The first kappa shape index (κ1) is 22.3. The average molecular weight is 534 g/mol. The molecular formula is C26H20BrN3O3S. The molecule has 8 heteroatoms. The number of halogens is 1. The minimum atomic E-state index is -0.417. The van der Waals surface area contributed by atoms with E-state index in [2.05, 4.69) is 26.2 Å². The van der Waals surface area contributed by atoms with Crippen LogP contribution in [0.2, 0.25) is 0 Å². The second kappa shape index (κ2) is 9.40. The average Bonchev–Trinajstić information content (AvgIpc) is 3.49. The highest BCUT2D eigenvalue weighted by molar-refractivity contribution is 9.10. The third-order valence-electron chi connectivity index (χ3n) is 5.72. The van der Waals surface area contributed by atoms with Gasteiger partial charge in [-0.3, -0.25) is 4.98 Å². The molecule has 2 aromatic heterocycles. The van der Waals surface area contributed by atoms with E-state index in [1.807, 2.05) is 71.6 Å². The third-order valence-corrected chi connectivity index (χ3v) is 6.56. The van der Waals surface area contributed by atoms with Crippen molar-refractivity contribution in [3.05, 3.63) is 107 Å². The summed E-state index contributed by atoms with van der Waals surface area (Å²) < 4.78 is 12.3. The number of carbonyl (C=O) groups is 1. The molecule has 0 radical (unpaired) electrons. The van der Waals surface area contributed by atoms with Crippen LogP contribution in [0, 0.1) is 0 Å². The van der Waals surface area contributed by atoms with Gasteiger partial charge in [-0.2, -0.15) is 0 Å². The summed E-state index contributed by atoms with van der Waals surface area (Å²) in [6, 6.07) is 24.3. The summed E-state index contributed by atoms with van der Waals surface area (Å²) in [4.78, 5) is 18.9. The SMILES string of the molecule is COC(=O)c1ccccc1-c1ccc([C@@H]2[C@H](c3ccccn3)NC(=S)N2c2ccc(Br)cc2)o1. The van der Waals surface area contributed by atoms with Gasteiger partial charge in [0.2, 0.25) is 0 Å². The number of thiocarbonyl (C=S) groups is 1. The van der Waals surface area contributed by atoms with E-state index < -0.39 is 5.97 Å². The van der Waals surface area contributed by atoms with Gasteiger partial charge in [-0.1, -0.05) is 40.2 Å². The van der Waals surface area contributed by atoms with Crippen molar-refractivity contribution in [1.29, 1.82) is 0 Å². The molecule has 170 valence electrons. The molecule has 4 aromatic rings. The molecule has 1 aliphatic heterocycles. The summed E-state index contributed by atoms with van der Waals surface area (Å²) >= 11 is 9.25. The van der Waals surface area contributed by atoms with Crippen molar-refractivity contribution in [2.75, 3.05) is 12.0 Å². The lowest BCUT2D eigenvalue weighted by atomic mass is 10.0. The topological polar surface area (TPSA) is 67.6 Å². The van der Waals surface area contributed by atoms with Crippen LogP contribution in [0.15, 0.2) is 93.9 Å². The van der Waals surface area contributed by atoms with Crippen molar-refractivity contribution in [1.82, 2.24) is 10.3 Å². The third kappa shape index (κ3) is 4.10. The maximum absolute atomic E-state index is 12.3. The summed E-state index contributed by atoms with van der Waals surface area (Å²) in [6.45, 7) is 0. The Morgan fingerprint density at radius 2 is 1.82 bits per heavy atom. The Kier molecular flexibility index (Phi) is 6.17. The Hall–Kier alpha value is -3.49. The molecule has 0 saturated carbocycles. The molecule has 6 nitrogen and oxygen atoms in total. The zero-order chi connectivity index (χ0) is 23.7. The minimum absolute atomic E-state index is 0.229. The second-order valence-electron chi connectivity index (χ2n) is 7.71. The summed E-state index contributed by atoms with van der Waals surface area (Å²) in [5, 5.41) is 4.00. The van der Waals surface area contributed by atoms with Gasteiger partial charge < -0.3 is 19.4 Å². The lowest BCUT2D eigenvalue weighted by Gasteiger charge is -2.26. The highest BCUT2D eigenvalue weighted by Crippen LogP contribution is 2.43. The number of furan rings is 1. The standard InChI is InChI=1S/C26H20BrN3O3S/c1-32-25(31)19-7-3-2-6-18(19)21-13-14-22(33-21)24-23(20-8-4-5-15-28-20)29-26(34)30(24)17-11-9-16(27)10-12-17/h2-15,23-24H,1H3,(H,29,34)/t23-,24+/m0/s1. The largest absolute Gasteiger partial charge is 0.465 e. The predicted molar refractivity (Wildman–Crippen MR) is 138 cm³/mol. The molecule has 34 heavy (non-hydrogen) atoms. The number of aromatic nitrogens is 1. The van der Waals surface area contributed by atoms with Crippen molar-refractivity contribution in [3.63, 3.8) is 0 Å². The minimum Gasteiger partial charge on any atom is -0.465 e. The number of methoxy groups -OCH3 is 1. The van der Waals surface area contributed by atoms with Crippen LogP contribution in [0.1, 0.15) is 33.9 Å². The fraction of sp³-hybridized carbons (Fsp3) is 0.115. The van der Waals surface area contributed by atoms with Gasteiger partial charge in [0.25, 0.3) is 0 Å². The number of carbonyl (C=O) groups excluding carboxylic acids is 1. The number of nitrogens with zero attached hydrogens (tertiary/aromatic N) is 2. The number of ether oxygens (including phenoxy) is 1. The van der Waals surface area contributed by atoms with Crippen LogP contribution in [0.3, 0.4) is 0 Å². The molecule has 0 unspecified atom stereocenters. The van der Waals surface area contributed by atoms with Crippen LogP contribution < -0.4 is 10.2 Å². The molecule has 0 spiro atoms. The van der Waals surface area contributed by atoms with Crippen molar-refractivity contribution in [2.45, 2.75) is 12.1 Å². The Morgan fingerprint density at radius 1 is 1.06 bits per heavy atom. The fourth-order valence-corrected chi connectivity index (χ4v) is 4.78. The van der Waals surface area contributed by atoms with Crippen LogP contribution in [0.5, 0.6) is 0 Å². The first-order valence-electron chi connectivity index (χ1n) is 10.6. The van der Waals surface area contributed by atoms with Crippen LogP contribution in [0.25, 0.3) is 11.3 Å². The van der Waals surface area contributed by atoms with Gasteiger partial charge in [0.05, 0.1) is 24.4 Å². The fourth-order valence-electron chi connectivity index (χ4n) is 4.17. The second-order valence-corrected chi connectivity index (χ2v) is 9.01. The number of anilines is 1. The van der Waals surface area contributed by atoms with Crippen molar-refractivity contribution in [3.8, 4) is 11.3 Å². The molecule has 0 aliphatic carbocycles. The van der Waals surface area contributed by atoms with Crippen LogP contribution >= 0.6 is 28.1 Å². The molecule has 5 rings (SSSR count). The number of hydrogen-bond acceptors (Lipinski definition) is 5. The number of pyridine rings is 1. The van der Waals surface area contributed by atoms with Crippen LogP contribution in [-0.2, 0) is 4.74 Å². The van der Waals surface area contributed by atoms with E-state index in [-0.39, 0.29) is 12.1 Å². The highest BCUT2D eigenvalue weighted by atomic mass is 79.9. The van der Waals surface area contributed by atoms with Gasteiger partial charge in [0.1, 0.15) is 17.6 Å². The number of rotatable bonds is 5. The molecule has 0 bridgehead atoms. The lowest BCUT2D eigenvalue weighted by molar-refractivity contribution is 0.0601. The molecule has 1 N–H and O–H groups in total. The first-order valence-corrected chi connectivity index (χ1v) is 11.8. The van der Waals surface area contributed by atoms with Gasteiger partial charge >= 0.3 is 5.97 Å². The number of hydrogen-bond donors (Lipinski definition) is 1. The van der Waals surface area contributed by atoms with E-state index in [4.69, 9.17) is 21.4 Å². The molecule has 1 saturated heterocycles. The maximum Gasteiger partial charge on any atom is 0.338 e. The van der Waals surface area contributed by atoms with Crippen LogP contribution in [0.4, 0.5) is 5.69 Å².